The SMILES string of the molecule is Cc1nn(C)c(C)c1C1CCCN1C(=O)c1ccc2c(=O)n3c(nc2c1)CCCCCC3. The Morgan fingerprint density at radius 3 is 2.66 bits per heavy atom. The molecule has 1 atom stereocenters. The molecule has 1 amide bonds. The van der Waals surface area contributed by atoms with Gasteiger partial charge in [0.15, 0.2) is 0 Å². The summed E-state index contributed by atoms with van der Waals surface area (Å²) in [5, 5.41) is 5.16. The van der Waals surface area contributed by atoms with Crippen LogP contribution in [0.1, 0.15) is 77.7 Å². The van der Waals surface area contributed by atoms with Crippen LogP contribution in [0, 0.1) is 13.8 Å². The Balaban J connectivity index is 1.52. The fraction of sp³-hybridized carbons (Fsp3) is 0.520. The van der Waals surface area contributed by atoms with Gasteiger partial charge in [-0.2, -0.15) is 5.10 Å². The van der Waals surface area contributed by atoms with E-state index in [1.54, 1.807) is 12.1 Å². The molecule has 32 heavy (non-hydrogen) atoms. The fourth-order valence-corrected chi connectivity index (χ4v) is 5.48. The highest BCUT2D eigenvalue weighted by molar-refractivity contribution is 5.98. The fourth-order valence-electron chi connectivity index (χ4n) is 5.48. The number of fused-ring (bicyclic) bond motifs is 2. The normalized spacial score (nSPS) is 19.1. The number of amides is 1. The van der Waals surface area contributed by atoms with Crippen molar-refractivity contribution < 1.29 is 4.79 Å². The second-order valence-electron chi connectivity index (χ2n) is 9.25. The van der Waals surface area contributed by atoms with Gasteiger partial charge in [0.2, 0.25) is 0 Å². The first kappa shape index (κ1) is 20.9. The molecule has 0 radical (unpaired) electrons. The van der Waals surface area contributed by atoms with E-state index in [0.29, 0.717) is 16.5 Å². The van der Waals surface area contributed by atoms with Gasteiger partial charge in [-0.25, -0.2) is 4.98 Å². The van der Waals surface area contributed by atoms with E-state index in [0.717, 1.165) is 74.4 Å². The zero-order valence-corrected chi connectivity index (χ0v) is 19.2. The van der Waals surface area contributed by atoms with Crippen molar-refractivity contribution in [2.24, 2.45) is 7.05 Å². The van der Waals surface area contributed by atoms with E-state index in [1.165, 1.54) is 6.42 Å². The predicted octanol–water partition coefficient (Wildman–Crippen LogP) is 3.84. The minimum atomic E-state index is 0.00528. The number of carbonyl (C=O) groups is 1. The van der Waals surface area contributed by atoms with Gasteiger partial charge in [-0.05, 0) is 57.7 Å². The lowest BCUT2D eigenvalue weighted by atomic mass is 10.0. The lowest BCUT2D eigenvalue weighted by Crippen LogP contribution is -2.31. The van der Waals surface area contributed by atoms with Gasteiger partial charge in [0.05, 0.1) is 22.6 Å². The minimum absolute atomic E-state index is 0.00528. The van der Waals surface area contributed by atoms with E-state index in [-0.39, 0.29) is 17.5 Å². The van der Waals surface area contributed by atoms with E-state index in [9.17, 15) is 9.59 Å². The van der Waals surface area contributed by atoms with Gasteiger partial charge in [-0.1, -0.05) is 12.8 Å². The van der Waals surface area contributed by atoms with Crippen molar-refractivity contribution in [1.29, 1.82) is 0 Å². The molecule has 2 aliphatic rings. The maximum absolute atomic E-state index is 13.6. The number of carbonyl (C=O) groups excluding carboxylic acids is 1. The number of aryl methyl sites for hydroxylation is 3. The third-order valence-corrected chi connectivity index (χ3v) is 7.23. The Bertz CT molecular complexity index is 1260. The van der Waals surface area contributed by atoms with Gasteiger partial charge in [0, 0.05) is 43.4 Å². The number of hydrogen-bond acceptors (Lipinski definition) is 4. The summed E-state index contributed by atoms with van der Waals surface area (Å²) in [5.41, 5.74) is 4.52. The number of hydrogen-bond donors (Lipinski definition) is 0. The van der Waals surface area contributed by atoms with Crippen LogP contribution in [0.25, 0.3) is 10.9 Å². The smallest absolute Gasteiger partial charge is 0.261 e. The molecule has 1 aromatic carbocycles. The number of likely N-dealkylation sites (tertiary alicyclic amines) is 1. The molecule has 2 aromatic heterocycles. The topological polar surface area (TPSA) is 73.0 Å². The lowest BCUT2D eigenvalue weighted by Gasteiger charge is -2.25. The highest BCUT2D eigenvalue weighted by atomic mass is 16.2. The molecule has 0 saturated carbocycles. The summed E-state index contributed by atoms with van der Waals surface area (Å²) in [6.45, 7) is 5.55. The number of benzene rings is 1. The van der Waals surface area contributed by atoms with Gasteiger partial charge in [0.1, 0.15) is 5.82 Å². The molecule has 4 heterocycles. The molecule has 3 aromatic rings. The van der Waals surface area contributed by atoms with Crippen LogP contribution in [-0.2, 0) is 20.0 Å². The number of rotatable bonds is 2. The summed E-state index contributed by atoms with van der Waals surface area (Å²) >= 11 is 0. The van der Waals surface area contributed by atoms with Crippen LogP contribution >= 0.6 is 0 Å². The molecule has 2 aliphatic heterocycles. The summed E-state index contributed by atoms with van der Waals surface area (Å²) in [7, 11) is 1.95. The standard InChI is InChI=1S/C25H31N5O2/c1-16-23(17(2)28(3)27-16)21-9-8-14-29(21)24(31)18-11-12-19-20(15-18)26-22-10-6-4-5-7-13-30(22)25(19)32/h11-12,15,21H,4-10,13-14H2,1-3H3. The largest absolute Gasteiger partial charge is 0.331 e. The maximum atomic E-state index is 13.6. The van der Waals surface area contributed by atoms with Gasteiger partial charge in [-0.15, -0.1) is 0 Å². The highest BCUT2D eigenvalue weighted by Gasteiger charge is 2.34. The third-order valence-electron chi connectivity index (χ3n) is 7.23. The van der Waals surface area contributed by atoms with Crippen molar-refractivity contribution in [1.82, 2.24) is 24.2 Å². The van der Waals surface area contributed by atoms with Crippen molar-refractivity contribution in [2.75, 3.05) is 6.54 Å². The van der Waals surface area contributed by atoms with Crippen LogP contribution in [0.15, 0.2) is 23.0 Å². The van der Waals surface area contributed by atoms with Crippen LogP contribution in [-0.4, -0.2) is 36.7 Å². The predicted molar refractivity (Wildman–Crippen MR) is 124 cm³/mol. The molecule has 0 bridgehead atoms. The molecule has 0 N–H and O–H groups in total. The van der Waals surface area contributed by atoms with Crippen LogP contribution in [0.2, 0.25) is 0 Å². The van der Waals surface area contributed by atoms with Crippen LogP contribution < -0.4 is 5.56 Å². The van der Waals surface area contributed by atoms with Gasteiger partial charge < -0.3 is 4.90 Å². The average molecular weight is 434 g/mol. The summed E-state index contributed by atoms with van der Waals surface area (Å²) in [6, 6.07) is 5.44. The summed E-state index contributed by atoms with van der Waals surface area (Å²) in [5.74, 6) is 0.859. The van der Waals surface area contributed by atoms with Crippen LogP contribution in [0.4, 0.5) is 0 Å². The summed E-state index contributed by atoms with van der Waals surface area (Å²) in [4.78, 5) is 33.5. The molecule has 168 valence electrons. The Kier molecular flexibility index (Phi) is 5.35. The molecule has 1 saturated heterocycles. The maximum Gasteiger partial charge on any atom is 0.261 e. The molecule has 0 spiro atoms. The third kappa shape index (κ3) is 3.44. The van der Waals surface area contributed by atoms with Crippen LogP contribution in [0.3, 0.4) is 0 Å². The molecular weight excluding hydrogens is 402 g/mol. The Morgan fingerprint density at radius 2 is 1.88 bits per heavy atom. The first-order chi connectivity index (χ1) is 15.5. The summed E-state index contributed by atoms with van der Waals surface area (Å²) in [6.07, 6.45) is 7.14. The minimum Gasteiger partial charge on any atom is -0.331 e. The van der Waals surface area contributed by atoms with Gasteiger partial charge in [0.25, 0.3) is 11.5 Å². The van der Waals surface area contributed by atoms with E-state index in [2.05, 4.69) is 12.0 Å². The van der Waals surface area contributed by atoms with Crippen molar-refractivity contribution >= 4 is 16.8 Å². The van der Waals surface area contributed by atoms with Gasteiger partial charge in [-0.3, -0.25) is 18.8 Å². The zero-order valence-electron chi connectivity index (χ0n) is 19.2. The monoisotopic (exact) mass is 433 g/mol. The molecule has 0 aliphatic carbocycles. The number of nitrogens with zero attached hydrogens (tertiary/aromatic N) is 5. The molecule has 7 heteroatoms. The first-order valence-electron chi connectivity index (χ1n) is 11.8. The quantitative estimate of drug-likeness (QED) is 0.616. The molecule has 1 fully saturated rings. The molecule has 7 nitrogen and oxygen atoms in total. The Hall–Kier alpha value is -2.96. The van der Waals surface area contributed by atoms with Crippen molar-refractivity contribution in [3.63, 3.8) is 0 Å². The average Bonchev–Trinajstić information content (AvgIpc) is 3.32. The van der Waals surface area contributed by atoms with Gasteiger partial charge >= 0.3 is 0 Å². The number of aromatic nitrogens is 4. The van der Waals surface area contributed by atoms with Crippen molar-refractivity contribution in [3.8, 4) is 0 Å². The van der Waals surface area contributed by atoms with E-state index in [1.807, 2.05) is 34.2 Å². The van der Waals surface area contributed by atoms with E-state index in [4.69, 9.17) is 4.98 Å². The molecule has 5 rings (SSSR count). The first-order valence-corrected chi connectivity index (χ1v) is 11.8. The second-order valence-corrected chi connectivity index (χ2v) is 9.25. The molecule has 1 unspecified atom stereocenters. The molecular formula is C25H31N5O2. The van der Waals surface area contributed by atoms with Crippen molar-refractivity contribution in [3.05, 3.63) is 56.9 Å². The zero-order chi connectivity index (χ0) is 22.4. The van der Waals surface area contributed by atoms with E-state index >= 15 is 0 Å². The van der Waals surface area contributed by atoms with E-state index < -0.39 is 0 Å². The highest BCUT2D eigenvalue weighted by Crippen LogP contribution is 2.36. The summed E-state index contributed by atoms with van der Waals surface area (Å²) < 4.78 is 3.74. The van der Waals surface area contributed by atoms with Crippen LogP contribution in [0.5, 0.6) is 0 Å². The Morgan fingerprint density at radius 1 is 1.06 bits per heavy atom. The lowest BCUT2D eigenvalue weighted by molar-refractivity contribution is 0.0735. The van der Waals surface area contributed by atoms with Crippen molar-refractivity contribution in [2.45, 2.75) is 71.4 Å². The Labute approximate surface area is 188 Å². The second kappa shape index (κ2) is 8.19.